The summed E-state index contributed by atoms with van der Waals surface area (Å²) in [5.74, 6) is -0.736. The minimum Gasteiger partial charge on any atom is -0.435 e. The number of alkyl halides is 2. The molecular formula is C19H13ClF2N4O2. The number of amides is 1. The van der Waals surface area contributed by atoms with E-state index in [1.54, 1.807) is 24.5 Å². The third kappa shape index (κ3) is 3.18. The topological polar surface area (TPSA) is 96.8 Å². The number of H-pyrrole nitrogens is 2. The number of halogens is 3. The Labute approximate surface area is 162 Å². The number of carbonyl (C=O) groups excluding carboxylic acids is 1. The lowest BCUT2D eigenvalue weighted by atomic mass is 10.1. The third-order valence-corrected chi connectivity index (χ3v) is 4.58. The summed E-state index contributed by atoms with van der Waals surface area (Å²) in [4.78, 5) is 22.4. The molecule has 6 nitrogen and oxygen atoms in total. The average molecular weight is 403 g/mol. The summed E-state index contributed by atoms with van der Waals surface area (Å²) in [6, 6.07) is 9.38. The number of benzene rings is 1. The average Bonchev–Trinajstić information content (AvgIpc) is 3.28. The zero-order chi connectivity index (χ0) is 19.8. The Morgan fingerprint density at radius 2 is 2.00 bits per heavy atom. The first-order chi connectivity index (χ1) is 13.4. The molecule has 28 heavy (non-hydrogen) atoms. The number of primary amides is 1. The summed E-state index contributed by atoms with van der Waals surface area (Å²) >= 11 is 6.24. The van der Waals surface area contributed by atoms with Crippen LogP contribution >= 0.6 is 11.6 Å². The largest absolute Gasteiger partial charge is 0.435 e. The van der Waals surface area contributed by atoms with Crippen LogP contribution in [0.25, 0.3) is 33.5 Å². The number of aromatic nitrogens is 3. The van der Waals surface area contributed by atoms with E-state index in [1.807, 2.05) is 6.07 Å². The van der Waals surface area contributed by atoms with Crippen LogP contribution in [0.1, 0.15) is 10.4 Å². The number of ether oxygens (including phenoxy) is 1. The highest BCUT2D eigenvalue weighted by Crippen LogP contribution is 2.36. The normalized spacial score (nSPS) is 11.3. The molecular weight excluding hydrogens is 390 g/mol. The number of carbonyl (C=O) groups is 1. The Morgan fingerprint density at radius 1 is 1.18 bits per heavy atom. The number of nitrogens with zero attached hydrogens (tertiary/aromatic N) is 1. The van der Waals surface area contributed by atoms with Crippen LogP contribution in [0, 0.1) is 0 Å². The Morgan fingerprint density at radius 3 is 2.71 bits per heavy atom. The molecule has 142 valence electrons. The number of fused-ring (bicyclic) bond motifs is 1. The summed E-state index contributed by atoms with van der Waals surface area (Å²) in [7, 11) is 0. The fourth-order valence-corrected chi connectivity index (χ4v) is 3.34. The second-order valence-electron chi connectivity index (χ2n) is 5.95. The molecule has 0 aliphatic rings. The van der Waals surface area contributed by atoms with E-state index in [0.717, 1.165) is 10.9 Å². The van der Waals surface area contributed by atoms with Gasteiger partial charge < -0.3 is 20.4 Å². The van der Waals surface area contributed by atoms with Gasteiger partial charge in [-0.3, -0.25) is 4.79 Å². The van der Waals surface area contributed by atoms with Crippen molar-refractivity contribution in [2.75, 3.05) is 0 Å². The van der Waals surface area contributed by atoms with Gasteiger partial charge in [0.15, 0.2) is 0 Å². The molecule has 0 atom stereocenters. The molecule has 4 rings (SSSR count). The van der Waals surface area contributed by atoms with Crippen LogP contribution < -0.4 is 10.5 Å². The van der Waals surface area contributed by atoms with Crippen molar-refractivity contribution in [2.45, 2.75) is 6.61 Å². The van der Waals surface area contributed by atoms with Crippen molar-refractivity contribution in [2.24, 2.45) is 5.73 Å². The first kappa shape index (κ1) is 18.0. The maximum absolute atomic E-state index is 12.4. The van der Waals surface area contributed by atoms with Crippen molar-refractivity contribution in [3.8, 4) is 28.3 Å². The Balaban J connectivity index is 1.84. The number of nitrogens with one attached hydrogen (secondary N) is 2. The molecule has 4 aromatic rings. The van der Waals surface area contributed by atoms with Gasteiger partial charge in [0.25, 0.3) is 5.91 Å². The van der Waals surface area contributed by atoms with Gasteiger partial charge in [-0.2, -0.15) is 8.78 Å². The van der Waals surface area contributed by atoms with E-state index >= 15 is 0 Å². The first-order valence-corrected chi connectivity index (χ1v) is 8.52. The van der Waals surface area contributed by atoms with Gasteiger partial charge in [-0.05, 0) is 36.4 Å². The van der Waals surface area contributed by atoms with Crippen LogP contribution in [0.2, 0.25) is 5.02 Å². The van der Waals surface area contributed by atoms with Gasteiger partial charge in [0, 0.05) is 34.6 Å². The molecule has 9 heteroatoms. The van der Waals surface area contributed by atoms with Crippen LogP contribution in [0.4, 0.5) is 8.78 Å². The standard InChI is InChI=1S/C19H13ClF2N4O2/c20-14-7-9(28-19(21)22)1-2-12(14)16-13(17(23)27)8-15(26-16)10-3-5-24-18-11(10)4-6-25-18/h1-8,19,26H,(H2,23,27)(H,24,25). The molecule has 0 bridgehead atoms. The van der Waals surface area contributed by atoms with E-state index < -0.39 is 12.5 Å². The molecule has 0 saturated carbocycles. The van der Waals surface area contributed by atoms with Crippen LogP contribution in [0.5, 0.6) is 5.75 Å². The minimum absolute atomic E-state index is 0.0840. The Bertz CT molecular complexity index is 1190. The van der Waals surface area contributed by atoms with Gasteiger partial charge in [-0.15, -0.1) is 0 Å². The molecule has 1 amide bonds. The second kappa shape index (κ2) is 6.97. The van der Waals surface area contributed by atoms with Gasteiger partial charge in [0.05, 0.1) is 16.3 Å². The van der Waals surface area contributed by atoms with E-state index in [-0.39, 0.29) is 16.3 Å². The van der Waals surface area contributed by atoms with Crippen molar-refractivity contribution >= 4 is 28.5 Å². The summed E-state index contributed by atoms with van der Waals surface area (Å²) in [5, 5.41) is 0.994. The van der Waals surface area contributed by atoms with E-state index in [1.165, 1.54) is 18.2 Å². The molecule has 0 fully saturated rings. The number of hydrogen-bond donors (Lipinski definition) is 3. The fraction of sp³-hybridized carbons (Fsp3) is 0.0526. The predicted octanol–water partition coefficient (Wildman–Crippen LogP) is 4.58. The molecule has 0 aliphatic heterocycles. The highest BCUT2D eigenvalue weighted by atomic mass is 35.5. The van der Waals surface area contributed by atoms with Crippen molar-refractivity contribution < 1.29 is 18.3 Å². The molecule has 3 aromatic heterocycles. The predicted molar refractivity (Wildman–Crippen MR) is 101 cm³/mol. The SMILES string of the molecule is NC(=O)c1cc(-c2ccnc3[nH]ccc23)[nH]c1-c1ccc(OC(F)F)cc1Cl. The molecule has 0 spiro atoms. The van der Waals surface area contributed by atoms with Gasteiger partial charge in [0.2, 0.25) is 0 Å². The van der Waals surface area contributed by atoms with Gasteiger partial charge in [-0.1, -0.05) is 11.6 Å². The highest BCUT2D eigenvalue weighted by molar-refractivity contribution is 6.33. The maximum atomic E-state index is 12.4. The molecule has 0 saturated heterocycles. The minimum atomic E-state index is -2.96. The highest BCUT2D eigenvalue weighted by Gasteiger charge is 2.19. The van der Waals surface area contributed by atoms with Crippen LogP contribution in [0.3, 0.4) is 0 Å². The quantitative estimate of drug-likeness (QED) is 0.456. The second-order valence-corrected chi connectivity index (χ2v) is 6.36. The van der Waals surface area contributed by atoms with Crippen molar-refractivity contribution in [1.82, 2.24) is 15.0 Å². The van der Waals surface area contributed by atoms with E-state index in [0.29, 0.717) is 22.6 Å². The zero-order valence-corrected chi connectivity index (χ0v) is 14.9. The molecule has 4 N–H and O–H groups in total. The van der Waals surface area contributed by atoms with Crippen molar-refractivity contribution in [3.63, 3.8) is 0 Å². The zero-order valence-electron chi connectivity index (χ0n) is 14.2. The van der Waals surface area contributed by atoms with E-state index in [9.17, 15) is 13.6 Å². The number of hydrogen-bond acceptors (Lipinski definition) is 3. The van der Waals surface area contributed by atoms with Crippen LogP contribution in [-0.2, 0) is 0 Å². The molecule has 0 radical (unpaired) electrons. The molecule has 0 aliphatic carbocycles. The third-order valence-electron chi connectivity index (χ3n) is 4.27. The number of aromatic amines is 2. The lowest BCUT2D eigenvalue weighted by molar-refractivity contribution is -0.0498. The Kier molecular flexibility index (Phi) is 4.48. The monoisotopic (exact) mass is 402 g/mol. The first-order valence-electron chi connectivity index (χ1n) is 8.14. The van der Waals surface area contributed by atoms with Crippen molar-refractivity contribution in [3.05, 3.63) is 59.4 Å². The van der Waals surface area contributed by atoms with Gasteiger partial charge in [-0.25, -0.2) is 4.98 Å². The number of pyridine rings is 1. The number of rotatable bonds is 5. The van der Waals surface area contributed by atoms with Crippen molar-refractivity contribution in [1.29, 1.82) is 0 Å². The summed E-state index contributed by atoms with van der Waals surface area (Å²) < 4.78 is 29.1. The van der Waals surface area contributed by atoms with E-state index in [4.69, 9.17) is 17.3 Å². The van der Waals surface area contributed by atoms with E-state index in [2.05, 4.69) is 19.7 Å². The Hall–Kier alpha value is -3.39. The van der Waals surface area contributed by atoms with Crippen LogP contribution in [0.15, 0.2) is 48.8 Å². The van der Waals surface area contributed by atoms with Gasteiger partial charge >= 0.3 is 6.61 Å². The lowest BCUT2D eigenvalue weighted by Crippen LogP contribution is -2.11. The molecule has 1 aromatic carbocycles. The fourth-order valence-electron chi connectivity index (χ4n) is 3.08. The number of nitrogens with two attached hydrogens (primary N) is 1. The molecule has 3 heterocycles. The van der Waals surface area contributed by atoms with Gasteiger partial charge in [0.1, 0.15) is 11.4 Å². The molecule has 0 unspecified atom stereocenters. The maximum Gasteiger partial charge on any atom is 0.387 e. The summed E-state index contributed by atoms with van der Waals surface area (Å²) in [5.41, 5.74) is 8.73. The lowest BCUT2D eigenvalue weighted by Gasteiger charge is -2.08. The summed E-state index contributed by atoms with van der Waals surface area (Å²) in [6.07, 6.45) is 3.40. The summed E-state index contributed by atoms with van der Waals surface area (Å²) in [6.45, 7) is -2.96. The van der Waals surface area contributed by atoms with Crippen LogP contribution in [-0.4, -0.2) is 27.5 Å². The smallest absolute Gasteiger partial charge is 0.387 e.